The summed E-state index contributed by atoms with van der Waals surface area (Å²) >= 11 is 5.86. The second-order valence-corrected chi connectivity index (χ2v) is 5.98. The van der Waals surface area contributed by atoms with Crippen LogP contribution in [0.1, 0.15) is 23.1 Å². The molecule has 0 aliphatic heterocycles. The van der Waals surface area contributed by atoms with Crippen molar-refractivity contribution in [3.8, 4) is 5.75 Å². The van der Waals surface area contributed by atoms with Crippen LogP contribution in [0.25, 0.3) is 0 Å². The third-order valence-electron chi connectivity index (χ3n) is 4.23. The number of hydrogen-bond acceptors (Lipinski definition) is 2. The van der Waals surface area contributed by atoms with Gasteiger partial charge in [0.15, 0.2) is 0 Å². The van der Waals surface area contributed by atoms with E-state index >= 15 is 0 Å². The molecule has 0 bridgehead atoms. The van der Waals surface area contributed by atoms with Crippen molar-refractivity contribution in [2.24, 2.45) is 5.73 Å². The van der Waals surface area contributed by atoms with Crippen molar-refractivity contribution in [2.45, 2.75) is 24.8 Å². The van der Waals surface area contributed by atoms with Crippen molar-refractivity contribution in [2.75, 3.05) is 7.11 Å². The number of rotatable bonds is 3. The monoisotopic (exact) mass is 305 g/mol. The Morgan fingerprint density at radius 2 is 2.14 bits per heavy atom. The van der Waals surface area contributed by atoms with Gasteiger partial charge in [0, 0.05) is 5.54 Å². The molecule has 21 heavy (non-hydrogen) atoms. The summed E-state index contributed by atoms with van der Waals surface area (Å²) in [6.07, 6.45) is 2.12. The first-order valence-corrected chi connectivity index (χ1v) is 7.30. The maximum atomic E-state index is 14.1. The summed E-state index contributed by atoms with van der Waals surface area (Å²) in [5.41, 5.74) is 8.81. The SMILES string of the molecule is COc1ccc2c(c1)C(N)(Cc1cccc(Cl)c1F)CC2. The molecule has 0 radical (unpaired) electrons. The summed E-state index contributed by atoms with van der Waals surface area (Å²) in [6.45, 7) is 0. The Balaban J connectivity index is 1.99. The van der Waals surface area contributed by atoms with E-state index in [0.717, 1.165) is 24.2 Å². The van der Waals surface area contributed by atoms with Gasteiger partial charge >= 0.3 is 0 Å². The van der Waals surface area contributed by atoms with E-state index < -0.39 is 5.54 Å². The fourth-order valence-electron chi connectivity index (χ4n) is 3.06. The third kappa shape index (κ3) is 2.52. The van der Waals surface area contributed by atoms with E-state index in [2.05, 4.69) is 0 Å². The normalized spacial score (nSPS) is 20.4. The molecule has 0 amide bonds. The molecule has 110 valence electrons. The van der Waals surface area contributed by atoms with Crippen LogP contribution in [-0.4, -0.2) is 7.11 Å². The van der Waals surface area contributed by atoms with Crippen LogP contribution in [-0.2, 0) is 18.4 Å². The average Bonchev–Trinajstić information content (AvgIpc) is 2.81. The van der Waals surface area contributed by atoms with Crippen molar-refractivity contribution in [3.05, 3.63) is 63.9 Å². The number of halogens is 2. The first-order chi connectivity index (χ1) is 10.0. The Morgan fingerprint density at radius 3 is 2.90 bits per heavy atom. The predicted octanol–water partition coefficient (Wildman–Crippen LogP) is 3.83. The molecule has 0 spiro atoms. The van der Waals surface area contributed by atoms with Gasteiger partial charge in [-0.3, -0.25) is 0 Å². The zero-order chi connectivity index (χ0) is 15.0. The zero-order valence-corrected chi connectivity index (χ0v) is 12.6. The Labute approximate surface area is 128 Å². The second-order valence-electron chi connectivity index (χ2n) is 5.57. The lowest BCUT2D eigenvalue weighted by Gasteiger charge is -2.26. The Hall–Kier alpha value is -1.58. The summed E-state index contributed by atoms with van der Waals surface area (Å²) in [4.78, 5) is 0. The van der Waals surface area contributed by atoms with Gasteiger partial charge in [-0.15, -0.1) is 0 Å². The summed E-state index contributed by atoms with van der Waals surface area (Å²) < 4.78 is 19.4. The lowest BCUT2D eigenvalue weighted by Crippen LogP contribution is -2.36. The number of benzene rings is 2. The van der Waals surface area contributed by atoms with Gasteiger partial charge in [-0.2, -0.15) is 0 Å². The van der Waals surface area contributed by atoms with Gasteiger partial charge in [0.2, 0.25) is 0 Å². The summed E-state index contributed by atoms with van der Waals surface area (Å²) in [5.74, 6) is 0.400. The lowest BCUT2D eigenvalue weighted by molar-refractivity contribution is 0.406. The van der Waals surface area contributed by atoms with Gasteiger partial charge in [0.05, 0.1) is 12.1 Å². The van der Waals surface area contributed by atoms with Gasteiger partial charge in [-0.05, 0) is 54.2 Å². The fourth-order valence-corrected chi connectivity index (χ4v) is 3.26. The van der Waals surface area contributed by atoms with Gasteiger partial charge in [-0.25, -0.2) is 4.39 Å². The molecule has 3 rings (SSSR count). The van der Waals surface area contributed by atoms with E-state index in [-0.39, 0.29) is 10.8 Å². The van der Waals surface area contributed by atoms with Crippen LogP contribution in [0, 0.1) is 5.82 Å². The highest BCUT2D eigenvalue weighted by atomic mass is 35.5. The molecule has 1 aliphatic carbocycles. The molecular weight excluding hydrogens is 289 g/mol. The molecule has 0 saturated carbocycles. The van der Waals surface area contributed by atoms with Gasteiger partial charge < -0.3 is 10.5 Å². The standard InChI is InChI=1S/C17H17ClFNO/c1-21-13-6-5-11-7-8-17(20,14(11)9-13)10-12-3-2-4-15(18)16(12)19/h2-6,9H,7-8,10,20H2,1H3. The van der Waals surface area contributed by atoms with E-state index in [9.17, 15) is 4.39 Å². The van der Waals surface area contributed by atoms with Crippen LogP contribution in [0.5, 0.6) is 5.75 Å². The molecule has 0 aromatic heterocycles. The first kappa shape index (κ1) is 14.4. The number of nitrogens with two attached hydrogens (primary N) is 1. The molecule has 1 atom stereocenters. The predicted molar refractivity (Wildman–Crippen MR) is 82.3 cm³/mol. The molecule has 0 saturated heterocycles. The second kappa shape index (κ2) is 5.32. The van der Waals surface area contributed by atoms with Crippen LogP contribution in [0.3, 0.4) is 0 Å². The molecule has 2 nitrogen and oxygen atoms in total. The highest BCUT2D eigenvalue weighted by Gasteiger charge is 2.36. The number of aryl methyl sites for hydroxylation is 1. The Bertz CT molecular complexity index is 688. The van der Waals surface area contributed by atoms with Crippen molar-refractivity contribution < 1.29 is 9.13 Å². The van der Waals surface area contributed by atoms with Gasteiger partial charge in [0.25, 0.3) is 0 Å². The molecule has 0 fully saturated rings. The van der Waals surface area contributed by atoms with Crippen LogP contribution in [0.2, 0.25) is 5.02 Å². The topological polar surface area (TPSA) is 35.2 Å². The smallest absolute Gasteiger partial charge is 0.145 e. The third-order valence-corrected chi connectivity index (χ3v) is 4.52. The van der Waals surface area contributed by atoms with E-state index in [4.69, 9.17) is 22.1 Å². The average molecular weight is 306 g/mol. The number of methoxy groups -OCH3 is 1. The van der Waals surface area contributed by atoms with Crippen molar-refractivity contribution in [1.29, 1.82) is 0 Å². The van der Waals surface area contributed by atoms with E-state index in [0.29, 0.717) is 12.0 Å². The van der Waals surface area contributed by atoms with Crippen LogP contribution in [0.4, 0.5) is 4.39 Å². The van der Waals surface area contributed by atoms with Crippen molar-refractivity contribution >= 4 is 11.6 Å². The molecule has 0 heterocycles. The summed E-state index contributed by atoms with van der Waals surface area (Å²) in [6, 6.07) is 11.0. The number of fused-ring (bicyclic) bond motifs is 1. The number of ether oxygens (including phenoxy) is 1. The maximum absolute atomic E-state index is 14.1. The zero-order valence-electron chi connectivity index (χ0n) is 11.8. The van der Waals surface area contributed by atoms with Crippen LogP contribution in [0.15, 0.2) is 36.4 Å². The maximum Gasteiger partial charge on any atom is 0.145 e. The Morgan fingerprint density at radius 1 is 1.33 bits per heavy atom. The first-order valence-electron chi connectivity index (χ1n) is 6.93. The fraction of sp³-hybridized carbons (Fsp3) is 0.294. The molecule has 1 aliphatic rings. The largest absolute Gasteiger partial charge is 0.497 e. The van der Waals surface area contributed by atoms with Crippen LogP contribution < -0.4 is 10.5 Å². The molecule has 2 aromatic rings. The molecule has 4 heteroatoms. The molecular formula is C17H17ClFNO. The minimum atomic E-state index is -0.574. The minimum Gasteiger partial charge on any atom is -0.497 e. The minimum absolute atomic E-state index is 0.139. The molecule has 1 unspecified atom stereocenters. The van der Waals surface area contributed by atoms with Crippen LogP contribution >= 0.6 is 11.6 Å². The van der Waals surface area contributed by atoms with Gasteiger partial charge in [-0.1, -0.05) is 29.8 Å². The Kier molecular flexibility index (Phi) is 3.64. The van der Waals surface area contributed by atoms with Crippen molar-refractivity contribution in [1.82, 2.24) is 0 Å². The summed E-state index contributed by atoms with van der Waals surface area (Å²) in [5, 5.41) is 0.139. The van der Waals surface area contributed by atoms with Crippen molar-refractivity contribution in [3.63, 3.8) is 0 Å². The highest BCUT2D eigenvalue weighted by Crippen LogP contribution is 2.39. The van der Waals surface area contributed by atoms with E-state index in [1.807, 2.05) is 18.2 Å². The van der Waals surface area contributed by atoms with E-state index in [1.165, 1.54) is 5.56 Å². The summed E-state index contributed by atoms with van der Waals surface area (Å²) in [7, 11) is 1.63. The van der Waals surface area contributed by atoms with Gasteiger partial charge in [0.1, 0.15) is 11.6 Å². The number of hydrogen-bond donors (Lipinski definition) is 1. The highest BCUT2D eigenvalue weighted by molar-refractivity contribution is 6.30. The van der Waals surface area contributed by atoms with E-state index in [1.54, 1.807) is 25.3 Å². The molecule has 2 N–H and O–H groups in total. The molecule has 2 aromatic carbocycles. The lowest BCUT2D eigenvalue weighted by atomic mass is 9.86. The quantitative estimate of drug-likeness (QED) is 0.935.